The average molecular weight is 402 g/mol. The molecule has 0 radical (unpaired) electrons. The van der Waals surface area contributed by atoms with Gasteiger partial charge in [-0.1, -0.05) is 41.9 Å². The van der Waals surface area contributed by atoms with Gasteiger partial charge in [-0.3, -0.25) is 4.98 Å². The Morgan fingerprint density at radius 1 is 1.00 bits per heavy atom. The first kappa shape index (κ1) is 18.7. The third kappa shape index (κ3) is 4.25. The van der Waals surface area contributed by atoms with E-state index in [1.807, 2.05) is 71.6 Å². The lowest BCUT2D eigenvalue weighted by Crippen LogP contribution is -1.96. The van der Waals surface area contributed by atoms with Crippen LogP contribution in [0.1, 0.15) is 21.6 Å². The molecule has 0 saturated carbocycles. The molecular weight excluding hydrogens is 386 g/mol. The highest BCUT2D eigenvalue weighted by molar-refractivity contribution is 6.30. The lowest BCUT2D eigenvalue weighted by molar-refractivity contribution is 0.0696. The first-order valence-electron chi connectivity index (χ1n) is 8.88. The number of aromatic carboxylic acids is 1. The molecule has 5 nitrogen and oxygen atoms in total. The highest BCUT2D eigenvalue weighted by Gasteiger charge is 2.11. The lowest BCUT2D eigenvalue weighted by Gasteiger charge is -2.01. The van der Waals surface area contributed by atoms with E-state index in [9.17, 15) is 4.79 Å². The van der Waals surface area contributed by atoms with Crippen LogP contribution >= 0.6 is 11.6 Å². The van der Waals surface area contributed by atoms with Gasteiger partial charge in [0, 0.05) is 28.5 Å². The monoisotopic (exact) mass is 401 g/mol. The van der Waals surface area contributed by atoms with Crippen LogP contribution in [0, 0.1) is 0 Å². The summed E-state index contributed by atoms with van der Waals surface area (Å²) in [6, 6.07) is 20.3. The lowest BCUT2D eigenvalue weighted by atomic mass is 10.1. The molecule has 0 aliphatic carbocycles. The molecule has 0 saturated heterocycles. The molecule has 0 atom stereocenters. The SMILES string of the molecule is O=C(O)c1ccnc(C=Cc2cn(-c3ccccc3)nc2-c2ccc(Cl)cc2)c1. The van der Waals surface area contributed by atoms with Crippen molar-refractivity contribution in [3.05, 3.63) is 101 Å². The van der Waals surface area contributed by atoms with Gasteiger partial charge in [0.2, 0.25) is 0 Å². The number of halogens is 1. The molecule has 4 aromatic rings. The number of benzene rings is 2. The number of hydrogen-bond acceptors (Lipinski definition) is 3. The van der Waals surface area contributed by atoms with Crippen molar-refractivity contribution in [2.75, 3.05) is 0 Å². The number of nitrogens with zero attached hydrogens (tertiary/aromatic N) is 3. The summed E-state index contributed by atoms with van der Waals surface area (Å²) >= 11 is 6.03. The molecule has 1 N–H and O–H groups in total. The van der Waals surface area contributed by atoms with E-state index in [1.54, 1.807) is 6.08 Å². The second-order valence-corrected chi connectivity index (χ2v) is 6.76. The molecule has 142 valence electrons. The Kier molecular flexibility index (Phi) is 5.22. The number of hydrogen-bond donors (Lipinski definition) is 1. The van der Waals surface area contributed by atoms with E-state index in [1.165, 1.54) is 18.3 Å². The number of para-hydroxylation sites is 1. The van der Waals surface area contributed by atoms with Crippen molar-refractivity contribution in [2.24, 2.45) is 0 Å². The van der Waals surface area contributed by atoms with Crippen LogP contribution in [-0.4, -0.2) is 25.8 Å². The zero-order valence-electron chi connectivity index (χ0n) is 15.2. The van der Waals surface area contributed by atoms with Crippen LogP contribution in [0.5, 0.6) is 0 Å². The number of carboxylic acids is 1. The summed E-state index contributed by atoms with van der Waals surface area (Å²) in [6.45, 7) is 0. The van der Waals surface area contributed by atoms with Crippen molar-refractivity contribution >= 4 is 29.7 Å². The maximum atomic E-state index is 11.2. The molecule has 2 aromatic carbocycles. The Balaban J connectivity index is 1.76. The molecule has 0 spiro atoms. The fourth-order valence-electron chi connectivity index (χ4n) is 2.90. The summed E-state index contributed by atoms with van der Waals surface area (Å²) in [5, 5.41) is 14.6. The minimum atomic E-state index is -0.985. The van der Waals surface area contributed by atoms with Crippen molar-refractivity contribution < 1.29 is 9.90 Å². The van der Waals surface area contributed by atoms with Crippen molar-refractivity contribution in [2.45, 2.75) is 0 Å². The van der Waals surface area contributed by atoms with Gasteiger partial charge in [0.05, 0.1) is 22.6 Å². The van der Waals surface area contributed by atoms with Gasteiger partial charge >= 0.3 is 5.97 Å². The quantitative estimate of drug-likeness (QED) is 0.482. The Hall–Kier alpha value is -3.70. The van der Waals surface area contributed by atoms with Crippen LogP contribution in [0.25, 0.3) is 29.1 Å². The average Bonchev–Trinajstić information content (AvgIpc) is 3.18. The molecule has 0 fully saturated rings. The summed E-state index contributed by atoms with van der Waals surface area (Å²) in [7, 11) is 0. The molecule has 6 heteroatoms. The highest BCUT2D eigenvalue weighted by atomic mass is 35.5. The van der Waals surface area contributed by atoms with Crippen LogP contribution in [0.3, 0.4) is 0 Å². The second kappa shape index (κ2) is 8.12. The van der Waals surface area contributed by atoms with Gasteiger partial charge in [-0.25, -0.2) is 9.48 Å². The predicted octanol–water partition coefficient (Wildman–Crippen LogP) is 5.46. The van der Waals surface area contributed by atoms with E-state index in [0.717, 1.165) is 22.5 Å². The summed E-state index contributed by atoms with van der Waals surface area (Å²) in [6.07, 6.45) is 7.07. The molecule has 2 aromatic heterocycles. The maximum Gasteiger partial charge on any atom is 0.335 e. The predicted molar refractivity (Wildman–Crippen MR) is 114 cm³/mol. The molecule has 0 aliphatic rings. The Bertz CT molecular complexity index is 1180. The number of carboxylic acid groups (broad SMARTS) is 1. The number of pyridine rings is 1. The van der Waals surface area contributed by atoms with Crippen LogP contribution in [0.15, 0.2) is 79.1 Å². The number of rotatable bonds is 5. The van der Waals surface area contributed by atoms with Crippen LogP contribution in [0.2, 0.25) is 5.02 Å². The number of aromatic nitrogens is 3. The van der Waals surface area contributed by atoms with E-state index >= 15 is 0 Å². The van der Waals surface area contributed by atoms with Crippen molar-refractivity contribution in [1.82, 2.24) is 14.8 Å². The van der Waals surface area contributed by atoms with Gasteiger partial charge in [-0.15, -0.1) is 0 Å². The molecule has 0 aliphatic heterocycles. The summed E-state index contributed by atoms with van der Waals surface area (Å²) < 4.78 is 1.81. The Morgan fingerprint density at radius 2 is 1.76 bits per heavy atom. The molecular formula is C23H16ClN3O2. The van der Waals surface area contributed by atoms with Gasteiger partial charge in [0.25, 0.3) is 0 Å². The zero-order valence-corrected chi connectivity index (χ0v) is 16.0. The van der Waals surface area contributed by atoms with Crippen LogP contribution in [0.4, 0.5) is 0 Å². The molecule has 0 unspecified atom stereocenters. The van der Waals surface area contributed by atoms with Crippen molar-refractivity contribution in [1.29, 1.82) is 0 Å². The van der Waals surface area contributed by atoms with E-state index in [2.05, 4.69) is 4.98 Å². The summed E-state index contributed by atoms with van der Waals surface area (Å²) in [5.41, 5.74) is 4.27. The fraction of sp³-hybridized carbons (Fsp3) is 0. The minimum Gasteiger partial charge on any atom is -0.478 e. The van der Waals surface area contributed by atoms with Crippen molar-refractivity contribution in [3.63, 3.8) is 0 Å². The van der Waals surface area contributed by atoms with E-state index < -0.39 is 5.97 Å². The van der Waals surface area contributed by atoms with Crippen molar-refractivity contribution in [3.8, 4) is 16.9 Å². The standard InChI is InChI=1S/C23H16ClN3O2/c24-19-9-6-16(7-10-19)22-18(15-27(26-22)21-4-2-1-3-5-21)8-11-20-14-17(23(28)29)12-13-25-20/h1-15H,(H,28,29). The summed E-state index contributed by atoms with van der Waals surface area (Å²) in [4.78, 5) is 15.4. The van der Waals surface area contributed by atoms with Gasteiger partial charge in [-0.05, 0) is 48.6 Å². The molecule has 29 heavy (non-hydrogen) atoms. The summed E-state index contributed by atoms with van der Waals surface area (Å²) in [5.74, 6) is -0.985. The van der Waals surface area contributed by atoms with Crippen LogP contribution < -0.4 is 0 Å². The topological polar surface area (TPSA) is 68.0 Å². The smallest absolute Gasteiger partial charge is 0.335 e. The maximum absolute atomic E-state index is 11.2. The van der Waals surface area contributed by atoms with E-state index in [0.29, 0.717) is 10.7 Å². The fourth-order valence-corrected chi connectivity index (χ4v) is 3.03. The van der Waals surface area contributed by atoms with E-state index in [4.69, 9.17) is 21.8 Å². The molecule has 0 bridgehead atoms. The Labute approximate surface area is 172 Å². The third-order valence-electron chi connectivity index (χ3n) is 4.34. The number of carbonyl (C=O) groups is 1. The van der Waals surface area contributed by atoms with Gasteiger partial charge < -0.3 is 5.11 Å². The third-order valence-corrected chi connectivity index (χ3v) is 4.59. The van der Waals surface area contributed by atoms with Gasteiger partial charge in [0.15, 0.2) is 0 Å². The largest absolute Gasteiger partial charge is 0.478 e. The normalized spacial score (nSPS) is 11.1. The van der Waals surface area contributed by atoms with Gasteiger partial charge in [-0.2, -0.15) is 5.10 Å². The van der Waals surface area contributed by atoms with Crippen LogP contribution in [-0.2, 0) is 0 Å². The zero-order chi connectivity index (χ0) is 20.2. The molecule has 4 rings (SSSR count). The van der Waals surface area contributed by atoms with E-state index in [-0.39, 0.29) is 5.56 Å². The van der Waals surface area contributed by atoms with Gasteiger partial charge in [0.1, 0.15) is 0 Å². The molecule has 2 heterocycles. The second-order valence-electron chi connectivity index (χ2n) is 6.33. The molecule has 0 amide bonds. The Morgan fingerprint density at radius 3 is 2.48 bits per heavy atom. The first-order chi connectivity index (χ1) is 14.1. The minimum absolute atomic E-state index is 0.192. The highest BCUT2D eigenvalue weighted by Crippen LogP contribution is 2.26. The first-order valence-corrected chi connectivity index (χ1v) is 9.26.